The lowest BCUT2D eigenvalue weighted by molar-refractivity contribution is 0.0694. The van der Waals surface area contributed by atoms with Crippen molar-refractivity contribution in [2.75, 3.05) is 0 Å². The molecule has 154 valence electrons. The third-order valence-electron chi connectivity index (χ3n) is 5.00. The van der Waals surface area contributed by atoms with Crippen LogP contribution in [0.5, 0.6) is 0 Å². The van der Waals surface area contributed by atoms with Gasteiger partial charge >= 0.3 is 5.97 Å². The second kappa shape index (κ2) is 9.55. The van der Waals surface area contributed by atoms with Crippen LogP contribution in [0.25, 0.3) is 11.1 Å². The zero-order valence-corrected chi connectivity index (χ0v) is 18.2. The van der Waals surface area contributed by atoms with E-state index in [-0.39, 0.29) is 5.56 Å². The summed E-state index contributed by atoms with van der Waals surface area (Å²) in [5.41, 5.74) is 5.81. The minimum atomic E-state index is -1.19. The first kappa shape index (κ1) is 22.4. The molecule has 1 aromatic heterocycles. The molecular weight excluding hydrogens is 362 g/mol. The maximum absolute atomic E-state index is 12.3. The number of carboxylic acid groups (broad SMARTS) is 1. The van der Waals surface area contributed by atoms with E-state index in [4.69, 9.17) is 0 Å². The van der Waals surface area contributed by atoms with Crippen LogP contribution in [0.2, 0.25) is 0 Å². The van der Waals surface area contributed by atoms with Crippen molar-refractivity contribution in [1.82, 2.24) is 4.57 Å². The molecular formula is C25H31NO3. The summed E-state index contributed by atoms with van der Waals surface area (Å²) >= 11 is 0. The number of pyridine rings is 1. The van der Waals surface area contributed by atoms with Gasteiger partial charge in [-0.15, -0.1) is 0 Å². The van der Waals surface area contributed by atoms with Gasteiger partial charge in [-0.2, -0.15) is 0 Å². The molecule has 2 rings (SSSR count). The number of aromatic carboxylic acids is 1. The van der Waals surface area contributed by atoms with Gasteiger partial charge < -0.3 is 9.67 Å². The van der Waals surface area contributed by atoms with E-state index in [1.54, 1.807) is 0 Å². The largest absolute Gasteiger partial charge is 0.477 e. The Bertz CT molecular complexity index is 1020. The number of nitrogens with zero attached hydrogens (tertiary/aromatic N) is 1. The fourth-order valence-electron chi connectivity index (χ4n) is 3.53. The Morgan fingerprint density at radius 3 is 2.34 bits per heavy atom. The smallest absolute Gasteiger partial charge is 0.341 e. The maximum atomic E-state index is 12.3. The molecule has 1 N–H and O–H groups in total. The summed E-state index contributed by atoms with van der Waals surface area (Å²) in [6, 6.07) is 9.83. The molecule has 1 aromatic carbocycles. The number of hydrogen-bond acceptors (Lipinski definition) is 2. The lowest BCUT2D eigenvalue weighted by Gasteiger charge is -2.18. The van der Waals surface area contributed by atoms with E-state index < -0.39 is 11.4 Å². The Balaban J connectivity index is 2.67. The lowest BCUT2D eigenvalue weighted by atomic mass is 9.89. The Morgan fingerprint density at radius 1 is 1.14 bits per heavy atom. The summed E-state index contributed by atoms with van der Waals surface area (Å²) in [7, 11) is 0. The van der Waals surface area contributed by atoms with Crippen molar-refractivity contribution in [3.05, 3.63) is 80.8 Å². The lowest BCUT2D eigenvalue weighted by Crippen LogP contribution is -2.19. The second-order valence-corrected chi connectivity index (χ2v) is 7.92. The predicted molar refractivity (Wildman–Crippen MR) is 120 cm³/mol. The number of aryl methyl sites for hydroxylation is 1. The highest BCUT2D eigenvalue weighted by Crippen LogP contribution is 2.31. The van der Waals surface area contributed by atoms with Crippen molar-refractivity contribution in [1.29, 1.82) is 0 Å². The zero-order chi connectivity index (χ0) is 21.7. The first-order valence-electron chi connectivity index (χ1n) is 10.1. The summed E-state index contributed by atoms with van der Waals surface area (Å²) in [6.07, 6.45) is 4.41. The summed E-state index contributed by atoms with van der Waals surface area (Å²) in [5.74, 6) is -0.800. The third-order valence-corrected chi connectivity index (χ3v) is 5.00. The van der Waals surface area contributed by atoms with Crippen molar-refractivity contribution < 1.29 is 9.90 Å². The quantitative estimate of drug-likeness (QED) is 0.589. The Morgan fingerprint density at radius 2 is 1.79 bits per heavy atom. The Labute approximate surface area is 173 Å². The molecule has 4 nitrogen and oxygen atoms in total. The maximum Gasteiger partial charge on any atom is 0.341 e. The number of hydrogen-bond donors (Lipinski definition) is 1. The van der Waals surface area contributed by atoms with Gasteiger partial charge in [-0.05, 0) is 61.5 Å². The number of rotatable bonds is 7. The van der Waals surface area contributed by atoms with Crippen molar-refractivity contribution in [3.63, 3.8) is 0 Å². The number of benzene rings is 1. The highest BCUT2D eigenvalue weighted by molar-refractivity contribution is 5.88. The van der Waals surface area contributed by atoms with E-state index in [0.29, 0.717) is 12.5 Å². The van der Waals surface area contributed by atoms with E-state index in [1.807, 2.05) is 24.5 Å². The van der Waals surface area contributed by atoms with E-state index >= 15 is 0 Å². The van der Waals surface area contributed by atoms with Gasteiger partial charge in [0.2, 0.25) is 0 Å². The molecule has 2 aromatic rings. The zero-order valence-electron chi connectivity index (χ0n) is 18.2. The molecule has 0 saturated heterocycles. The minimum absolute atomic E-state index is 0.192. The standard InChI is InChI=1S/C25H31NO3/c1-7-12-26-15-22(25(28)29)24(27)14-23(26)18(6)13-21(17(4)5)20-11-9-8-10-19(20)16(2)3/h8-11,13-16H,7,12H2,1-6H3,(H,28,29)/b18-13+. The molecule has 0 radical (unpaired) electrons. The second-order valence-electron chi connectivity index (χ2n) is 7.92. The average Bonchev–Trinajstić information content (AvgIpc) is 2.66. The highest BCUT2D eigenvalue weighted by atomic mass is 16.4. The molecule has 0 fully saturated rings. The average molecular weight is 394 g/mol. The summed E-state index contributed by atoms with van der Waals surface area (Å²) in [6.45, 7) is 13.2. The summed E-state index contributed by atoms with van der Waals surface area (Å²) in [5, 5.41) is 9.30. The number of carbonyl (C=O) groups is 1. The molecule has 0 aliphatic rings. The van der Waals surface area contributed by atoms with Gasteiger partial charge in [0.05, 0.1) is 0 Å². The number of carboxylic acids is 1. The molecule has 0 spiro atoms. The van der Waals surface area contributed by atoms with Crippen LogP contribution < -0.4 is 5.43 Å². The number of aromatic nitrogens is 1. The van der Waals surface area contributed by atoms with E-state index in [2.05, 4.69) is 52.0 Å². The van der Waals surface area contributed by atoms with Crippen LogP contribution in [-0.4, -0.2) is 15.6 Å². The number of allylic oxidation sites excluding steroid dienone is 4. The van der Waals surface area contributed by atoms with Crippen molar-refractivity contribution in [2.45, 2.75) is 60.4 Å². The SMILES string of the molecule is CCCn1cc(C(=O)O)c(=O)cc1/C(C)=C/C(=C(C)C)c1ccccc1C(C)C. The monoisotopic (exact) mass is 393 g/mol. The minimum Gasteiger partial charge on any atom is -0.477 e. The van der Waals surface area contributed by atoms with Crippen LogP contribution in [0.4, 0.5) is 0 Å². The molecule has 0 amide bonds. The van der Waals surface area contributed by atoms with Crippen LogP contribution in [0.1, 0.15) is 81.1 Å². The predicted octanol–water partition coefficient (Wildman–Crippen LogP) is 5.98. The molecule has 29 heavy (non-hydrogen) atoms. The van der Waals surface area contributed by atoms with Crippen LogP contribution >= 0.6 is 0 Å². The van der Waals surface area contributed by atoms with E-state index in [1.165, 1.54) is 29.0 Å². The summed E-state index contributed by atoms with van der Waals surface area (Å²) < 4.78 is 1.87. The van der Waals surface area contributed by atoms with Crippen molar-refractivity contribution >= 4 is 17.1 Å². The molecule has 1 heterocycles. The molecule has 4 heteroatoms. The van der Waals surface area contributed by atoms with Crippen LogP contribution in [0, 0.1) is 0 Å². The topological polar surface area (TPSA) is 59.3 Å². The molecule has 0 atom stereocenters. The van der Waals surface area contributed by atoms with Gasteiger partial charge in [0.1, 0.15) is 5.56 Å². The molecule has 0 aliphatic carbocycles. The molecule has 0 unspecified atom stereocenters. The van der Waals surface area contributed by atoms with Gasteiger partial charge in [-0.25, -0.2) is 4.79 Å². The fourth-order valence-corrected chi connectivity index (χ4v) is 3.53. The van der Waals surface area contributed by atoms with Gasteiger partial charge in [0.15, 0.2) is 5.43 Å². The van der Waals surface area contributed by atoms with Crippen molar-refractivity contribution in [3.8, 4) is 0 Å². The normalized spacial score (nSPS) is 11.6. The van der Waals surface area contributed by atoms with Crippen LogP contribution in [-0.2, 0) is 6.54 Å². The van der Waals surface area contributed by atoms with E-state index in [0.717, 1.165) is 23.3 Å². The van der Waals surface area contributed by atoms with Gasteiger partial charge in [-0.1, -0.05) is 50.6 Å². The fraction of sp³-hybridized carbons (Fsp3) is 0.360. The summed E-state index contributed by atoms with van der Waals surface area (Å²) in [4.78, 5) is 23.7. The van der Waals surface area contributed by atoms with E-state index in [9.17, 15) is 14.7 Å². The molecule has 0 aliphatic heterocycles. The third kappa shape index (κ3) is 5.14. The van der Waals surface area contributed by atoms with Gasteiger partial charge in [0, 0.05) is 24.5 Å². The van der Waals surface area contributed by atoms with Crippen LogP contribution in [0.3, 0.4) is 0 Å². The highest BCUT2D eigenvalue weighted by Gasteiger charge is 2.15. The first-order chi connectivity index (χ1) is 13.7. The first-order valence-corrected chi connectivity index (χ1v) is 10.1. The Kier molecular flexibility index (Phi) is 7.38. The molecule has 0 saturated carbocycles. The van der Waals surface area contributed by atoms with Gasteiger partial charge in [0.25, 0.3) is 0 Å². The van der Waals surface area contributed by atoms with Crippen LogP contribution in [0.15, 0.2) is 53.0 Å². The Hall–Kier alpha value is -2.88. The molecule has 0 bridgehead atoms. The van der Waals surface area contributed by atoms with Crippen molar-refractivity contribution in [2.24, 2.45) is 0 Å². The van der Waals surface area contributed by atoms with Gasteiger partial charge in [-0.3, -0.25) is 4.79 Å².